The molecule has 3 rings (SSSR count). The zero-order chi connectivity index (χ0) is 19.4. The Kier molecular flexibility index (Phi) is 5.52. The van der Waals surface area contributed by atoms with Crippen molar-refractivity contribution in [3.63, 3.8) is 0 Å². The molecule has 1 N–H and O–H groups in total. The lowest BCUT2D eigenvalue weighted by Gasteiger charge is -2.03. The smallest absolute Gasteiger partial charge is 0.335 e. The van der Waals surface area contributed by atoms with Gasteiger partial charge in [-0.15, -0.1) is 5.10 Å². The third kappa shape index (κ3) is 4.69. The second-order valence-corrected chi connectivity index (χ2v) is 7.78. The van der Waals surface area contributed by atoms with Crippen LogP contribution in [0.3, 0.4) is 0 Å². The van der Waals surface area contributed by atoms with Crippen LogP contribution < -0.4 is 5.32 Å². The average Bonchev–Trinajstić information content (AvgIpc) is 3.12. The lowest BCUT2D eigenvalue weighted by Crippen LogP contribution is -2.22. The summed E-state index contributed by atoms with van der Waals surface area (Å²) in [5.41, 5.74) is 0.644. The molecule has 0 aliphatic carbocycles. The van der Waals surface area contributed by atoms with Crippen LogP contribution in [-0.2, 0) is 22.1 Å². The summed E-state index contributed by atoms with van der Waals surface area (Å²) in [6.45, 7) is -0.176. The second kappa shape index (κ2) is 7.85. The summed E-state index contributed by atoms with van der Waals surface area (Å²) < 4.78 is 42.8. The zero-order valence-electron chi connectivity index (χ0n) is 13.7. The van der Waals surface area contributed by atoms with Crippen LogP contribution in [0, 0.1) is 5.82 Å². The summed E-state index contributed by atoms with van der Waals surface area (Å²) in [7, 11) is -3.89. The number of sulfone groups is 1. The Hall–Kier alpha value is -2.78. The van der Waals surface area contributed by atoms with Crippen molar-refractivity contribution >= 4 is 27.3 Å². The first-order valence-corrected chi connectivity index (χ1v) is 9.70. The normalized spacial score (nSPS) is 11.3. The monoisotopic (exact) mass is 409 g/mol. The van der Waals surface area contributed by atoms with E-state index in [0.29, 0.717) is 10.6 Å². The Labute approximate surface area is 159 Å². The van der Waals surface area contributed by atoms with Gasteiger partial charge in [0.1, 0.15) is 5.82 Å². The topological polar surface area (TPSA) is 102 Å². The van der Waals surface area contributed by atoms with Gasteiger partial charge in [-0.25, -0.2) is 12.8 Å². The predicted octanol–water partition coefficient (Wildman–Crippen LogP) is 2.77. The van der Waals surface area contributed by atoms with Crippen molar-refractivity contribution in [2.24, 2.45) is 0 Å². The van der Waals surface area contributed by atoms with Crippen molar-refractivity contribution in [1.29, 1.82) is 0 Å². The fraction of sp³-hybridized carbons (Fsp3) is 0.118. The Morgan fingerprint density at radius 3 is 2.52 bits per heavy atom. The standard InChI is InChI=1S/C17H13ClFN3O4S/c18-14-4-2-1-3-12(14)10-27(24,25)17-22-21-15(26-17)9-20-16(23)11-5-7-13(19)8-6-11/h1-8H,9-10H2,(H,20,23). The van der Waals surface area contributed by atoms with Crippen LogP contribution in [-0.4, -0.2) is 24.5 Å². The van der Waals surface area contributed by atoms with Crippen molar-refractivity contribution in [2.75, 3.05) is 0 Å². The molecule has 7 nitrogen and oxygen atoms in total. The van der Waals surface area contributed by atoms with Gasteiger partial charge in [-0.1, -0.05) is 34.9 Å². The van der Waals surface area contributed by atoms with Crippen LogP contribution >= 0.6 is 11.6 Å². The van der Waals surface area contributed by atoms with E-state index >= 15 is 0 Å². The van der Waals surface area contributed by atoms with E-state index < -0.39 is 32.5 Å². The van der Waals surface area contributed by atoms with Gasteiger partial charge in [-0.05, 0) is 35.9 Å². The minimum absolute atomic E-state index is 0.0804. The lowest BCUT2D eigenvalue weighted by atomic mass is 10.2. The van der Waals surface area contributed by atoms with Gasteiger partial charge in [0.2, 0.25) is 15.7 Å². The van der Waals surface area contributed by atoms with Gasteiger partial charge in [0, 0.05) is 10.6 Å². The molecular weight excluding hydrogens is 397 g/mol. The molecule has 1 aromatic heterocycles. The Balaban J connectivity index is 1.66. The van der Waals surface area contributed by atoms with E-state index in [1.807, 2.05) is 0 Å². The quantitative estimate of drug-likeness (QED) is 0.671. The van der Waals surface area contributed by atoms with Crippen molar-refractivity contribution in [3.8, 4) is 0 Å². The first-order valence-electron chi connectivity index (χ1n) is 7.67. The van der Waals surface area contributed by atoms with E-state index in [0.717, 1.165) is 12.1 Å². The molecule has 1 heterocycles. The highest BCUT2D eigenvalue weighted by molar-refractivity contribution is 7.90. The largest absolute Gasteiger partial charge is 0.411 e. The van der Waals surface area contributed by atoms with Gasteiger partial charge in [0.25, 0.3) is 5.91 Å². The fourth-order valence-corrected chi connectivity index (χ4v) is 3.63. The van der Waals surface area contributed by atoms with Gasteiger partial charge in [-0.3, -0.25) is 4.79 Å². The summed E-state index contributed by atoms with van der Waals surface area (Å²) in [4.78, 5) is 12.0. The third-order valence-electron chi connectivity index (χ3n) is 3.52. The van der Waals surface area contributed by atoms with Crippen LogP contribution in [0.25, 0.3) is 0 Å². The number of aromatic nitrogens is 2. The molecule has 2 aromatic carbocycles. The molecule has 140 valence electrons. The van der Waals surface area contributed by atoms with E-state index in [-0.39, 0.29) is 18.0 Å². The number of halogens is 2. The molecule has 0 spiro atoms. The summed E-state index contributed by atoms with van der Waals surface area (Å²) in [6.07, 6.45) is 0. The van der Waals surface area contributed by atoms with Gasteiger partial charge in [0.15, 0.2) is 0 Å². The Morgan fingerprint density at radius 2 is 1.81 bits per heavy atom. The molecule has 0 saturated carbocycles. The molecule has 10 heteroatoms. The summed E-state index contributed by atoms with van der Waals surface area (Å²) in [5.74, 6) is -1.43. The average molecular weight is 410 g/mol. The zero-order valence-corrected chi connectivity index (χ0v) is 15.3. The van der Waals surface area contributed by atoms with Crippen LogP contribution in [0.5, 0.6) is 0 Å². The summed E-state index contributed by atoms with van der Waals surface area (Å²) in [6, 6.07) is 11.5. The van der Waals surface area contributed by atoms with E-state index in [9.17, 15) is 17.6 Å². The molecule has 0 saturated heterocycles. The third-order valence-corrected chi connectivity index (χ3v) is 5.28. The number of nitrogens with zero attached hydrogens (tertiary/aromatic N) is 2. The molecule has 3 aromatic rings. The number of amides is 1. The number of carbonyl (C=O) groups excluding carboxylic acids is 1. The van der Waals surface area contributed by atoms with Gasteiger partial charge >= 0.3 is 5.22 Å². The summed E-state index contributed by atoms with van der Waals surface area (Å²) in [5, 5.41) is 9.39. The maximum absolute atomic E-state index is 12.9. The minimum atomic E-state index is -3.89. The number of hydrogen-bond acceptors (Lipinski definition) is 6. The molecule has 0 aliphatic rings. The number of carbonyl (C=O) groups is 1. The number of rotatable bonds is 6. The highest BCUT2D eigenvalue weighted by Gasteiger charge is 2.24. The molecule has 0 fully saturated rings. The van der Waals surface area contributed by atoms with E-state index in [4.69, 9.17) is 16.0 Å². The van der Waals surface area contributed by atoms with Crippen LogP contribution in [0.15, 0.2) is 58.2 Å². The van der Waals surface area contributed by atoms with Gasteiger partial charge in [0.05, 0.1) is 12.3 Å². The molecular formula is C17H13ClFN3O4S. The molecule has 27 heavy (non-hydrogen) atoms. The molecule has 0 aliphatic heterocycles. The van der Waals surface area contributed by atoms with E-state index in [2.05, 4.69) is 15.5 Å². The van der Waals surface area contributed by atoms with Crippen molar-refractivity contribution in [3.05, 3.63) is 76.4 Å². The lowest BCUT2D eigenvalue weighted by molar-refractivity contribution is 0.0946. The Bertz CT molecular complexity index is 1070. The summed E-state index contributed by atoms with van der Waals surface area (Å²) >= 11 is 5.97. The van der Waals surface area contributed by atoms with E-state index in [1.54, 1.807) is 24.3 Å². The van der Waals surface area contributed by atoms with Crippen LogP contribution in [0.1, 0.15) is 21.8 Å². The van der Waals surface area contributed by atoms with Crippen molar-refractivity contribution < 1.29 is 22.0 Å². The van der Waals surface area contributed by atoms with Crippen LogP contribution in [0.4, 0.5) is 4.39 Å². The number of nitrogens with one attached hydrogen (secondary N) is 1. The maximum atomic E-state index is 12.9. The maximum Gasteiger partial charge on any atom is 0.335 e. The number of benzene rings is 2. The first-order chi connectivity index (χ1) is 12.8. The molecule has 0 radical (unpaired) electrons. The molecule has 0 atom stereocenters. The SMILES string of the molecule is O=C(NCc1nnc(S(=O)(=O)Cc2ccccc2Cl)o1)c1ccc(F)cc1. The van der Waals surface area contributed by atoms with Crippen molar-refractivity contribution in [1.82, 2.24) is 15.5 Å². The second-order valence-electron chi connectivity index (χ2n) is 5.50. The minimum Gasteiger partial charge on any atom is -0.411 e. The van der Waals surface area contributed by atoms with Gasteiger partial charge < -0.3 is 9.73 Å². The van der Waals surface area contributed by atoms with E-state index in [1.165, 1.54) is 12.1 Å². The predicted molar refractivity (Wildman–Crippen MR) is 94.2 cm³/mol. The highest BCUT2D eigenvalue weighted by Crippen LogP contribution is 2.21. The van der Waals surface area contributed by atoms with Crippen molar-refractivity contribution in [2.45, 2.75) is 17.5 Å². The molecule has 0 bridgehead atoms. The molecule has 1 amide bonds. The number of hydrogen-bond donors (Lipinski definition) is 1. The molecule has 0 unspecified atom stereocenters. The first kappa shape index (κ1) is 19.0. The fourth-order valence-electron chi connectivity index (χ4n) is 2.18. The highest BCUT2D eigenvalue weighted by atomic mass is 35.5. The Morgan fingerprint density at radius 1 is 1.11 bits per heavy atom. The van der Waals surface area contributed by atoms with Crippen LogP contribution in [0.2, 0.25) is 5.02 Å². The van der Waals surface area contributed by atoms with Gasteiger partial charge in [-0.2, -0.15) is 0 Å².